The van der Waals surface area contributed by atoms with E-state index in [1.54, 1.807) is 0 Å². The number of amides is 1. The van der Waals surface area contributed by atoms with E-state index in [4.69, 9.17) is 1.37 Å². The Morgan fingerprint density at radius 2 is 2.25 bits per heavy atom. The Labute approximate surface area is 115 Å². The van der Waals surface area contributed by atoms with E-state index in [1.165, 1.54) is 0 Å². The molecule has 0 unspecified atom stereocenters. The molecule has 0 saturated carbocycles. The molecule has 2 radical (unpaired) electrons. The van der Waals surface area contributed by atoms with Crippen molar-refractivity contribution in [3.8, 4) is 0 Å². The third kappa shape index (κ3) is 5.78. The summed E-state index contributed by atoms with van der Waals surface area (Å²) >= 11 is 0. The molecule has 0 fully saturated rings. The van der Waals surface area contributed by atoms with Crippen molar-refractivity contribution in [2.24, 2.45) is 0 Å². The van der Waals surface area contributed by atoms with Crippen molar-refractivity contribution in [3.05, 3.63) is 6.54 Å². The first-order chi connectivity index (χ1) is 5.49. The van der Waals surface area contributed by atoms with Crippen molar-refractivity contribution in [2.75, 3.05) is 7.05 Å². The van der Waals surface area contributed by atoms with Gasteiger partial charge in [-0.25, -0.2) is 0 Å². The van der Waals surface area contributed by atoms with Crippen LogP contribution in [0.15, 0.2) is 0 Å². The van der Waals surface area contributed by atoms with Crippen LogP contribution in [0.2, 0.25) is 0 Å². The van der Waals surface area contributed by atoms with E-state index in [0.29, 0.717) is 11.4 Å². The van der Waals surface area contributed by atoms with Crippen molar-refractivity contribution in [1.82, 2.24) is 4.90 Å². The molecule has 0 saturated heterocycles. The van der Waals surface area contributed by atoms with E-state index in [0.717, 1.165) is 7.05 Å². The normalized spacial score (nSPS) is 8.58. The molecule has 0 rings (SSSR count). The van der Waals surface area contributed by atoms with Crippen LogP contribution >= 0.6 is 0 Å². The first kappa shape index (κ1) is 12.2. The molecule has 0 N–H and O–H groups in total. The summed E-state index contributed by atoms with van der Waals surface area (Å²) in [5, 5.41) is 0. The SMILES string of the molecule is [2H]C(=O)C(=O)N(C)[CH-]C(=O)O[B].[K+]. The van der Waals surface area contributed by atoms with Gasteiger partial charge in [0, 0.05) is 0 Å². The van der Waals surface area contributed by atoms with Crippen molar-refractivity contribution < 1.29 is 71.8 Å². The first-order valence-corrected chi connectivity index (χ1v) is 2.52. The summed E-state index contributed by atoms with van der Waals surface area (Å²) < 4.78 is 10.1. The fraction of sp³-hybridized carbons (Fsp3) is 0.200. The Bertz CT molecular complexity index is 225. The molecule has 5 nitrogen and oxygen atoms in total. The minimum Gasteiger partial charge on any atom is -0.563 e. The predicted molar refractivity (Wildman–Crippen MR) is 35.0 cm³/mol. The number of hydrogen-bond donors (Lipinski definition) is 0. The van der Waals surface area contributed by atoms with Crippen LogP contribution in [0.1, 0.15) is 1.37 Å². The molecular formula is C5H5BKNO4. The molecule has 0 aromatic heterocycles. The minimum absolute atomic E-state index is 0. The summed E-state index contributed by atoms with van der Waals surface area (Å²) in [5.41, 5.74) is 0. The molecule has 0 aliphatic heterocycles. The van der Waals surface area contributed by atoms with Crippen LogP contribution in [0.5, 0.6) is 0 Å². The van der Waals surface area contributed by atoms with E-state index in [9.17, 15) is 14.4 Å². The van der Waals surface area contributed by atoms with E-state index in [2.05, 4.69) is 12.7 Å². The number of carbonyl (C=O) groups is 3. The van der Waals surface area contributed by atoms with Crippen molar-refractivity contribution >= 4 is 26.2 Å². The van der Waals surface area contributed by atoms with Gasteiger partial charge in [0.2, 0.25) is 6.26 Å². The number of carbonyl (C=O) groups excluding carboxylic acids is 3. The maximum Gasteiger partial charge on any atom is 1.00 e. The fourth-order valence-electron chi connectivity index (χ4n) is 0.319. The van der Waals surface area contributed by atoms with E-state index in [1.807, 2.05) is 0 Å². The van der Waals surface area contributed by atoms with E-state index in [-0.39, 0.29) is 51.4 Å². The van der Waals surface area contributed by atoms with Crippen LogP contribution in [0.4, 0.5) is 0 Å². The molecule has 0 bridgehead atoms. The average Bonchev–Trinajstić information content (AvgIpc) is 2.02. The first-order valence-electron chi connectivity index (χ1n) is 3.02. The van der Waals surface area contributed by atoms with Gasteiger partial charge in [-0.05, 0) is 7.05 Å². The smallest absolute Gasteiger partial charge is 0.563 e. The second kappa shape index (κ2) is 7.81. The summed E-state index contributed by atoms with van der Waals surface area (Å²) in [6.07, 6.45) is -1.42. The number of hydrogen-bond acceptors (Lipinski definition) is 4. The van der Waals surface area contributed by atoms with Gasteiger partial charge in [0.15, 0.2) is 5.97 Å². The summed E-state index contributed by atoms with van der Waals surface area (Å²) in [4.78, 5) is 31.7. The van der Waals surface area contributed by atoms with E-state index >= 15 is 0 Å². The van der Waals surface area contributed by atoms with Crippen molar-refractivity contribution in [1.29, 1.82) is 0 Å². The summed E-state index contributed by atoms with van der Waals surface area (Å²) in [5.74, 6) is -2.12. The molecule has 58 valence electrons. The molecule has 12 heavy (non-hydrogen) atoms. The van der Waals surface area contributed by atoms with Crippen LogP contribution in [-0.4, -0.2) is 38.1 Å². The molecule has 0 atom stereocenters. The molecule has 0 aliphatic rings. The number of rotatable bonds is 3. The Kier molecular flexibility index (Phi) is 7.93. The zero-order chi connectivity index (χ0) is 9.72. The Morgan fingerprint density at radius 1 is 1.75 bits per heavy atom. The van der Waals surface area contributed by atoms with Gasteiger partial charge in [-0.1, -0.05) is 0 Å². The second-order valence-electron chi connectivity index (χ2n) is 1.58. The predicted octanol–water partition coefficient (Wildman–Crippen LogP) is -4.56. The molecular weight excluding hydrogens is 188 g/mol. The average molecular weight is 194 g/mol. The molecule has 0 spiro atoms. The van der Waals surface area contributed by atoms with Gasteiger partial charge in [-0.2, -0.15) is 6.54 Å². The molecule has 0 aromatic carbocycles. The molecule has 7 heteroatoms. The van der Waals surface area contributed by atoms with Gasteiger partial charge in [0.1, 0.15) is 1.37 Å². The third-order valence-corrected chi connectivity index (χ3v) is 0.823. The van der Waals surface area contributed by atoms with Gasteiger partial charge >= 0.3 is 59.4 Å². The maximum atomic E-state index is 10.6. The fourth-order valence-corrected chi connectivity index (χ4v) is 0.319. The van der Waals surface area contributed by atoms with Gasteiger partial charge < -0.3 is 9.55 Å². The van der Waals surface area contributed by atoms with Crippen molar-refractivity contribution in [3.63, 3.8) is 0 Å². The topological polar surface area (TPSA) is 63.7 Å². The van der Waals surface area contributed by atoms with Crippen LogP contribution in [-0.2, 0) is 19.0 Å². The monoisotopic (exact) mass is 194 g/mol. The van der Waals surface area contributed by atoms with Gasteiger partial charge in [-0.15, -0.1) is 0 Å². The van der Waals surface area contributed by atoms with Crippen molar-refractivity contribution in [2.45, 2.75) is 0 Å². The van der Waals surface area contributed by atoms with Gasteiger partial charge in [0.25, 0.3) is 5.91 Å². The summed E-state index contributed by atoms with van der Waals surface area (Å²) in [6.45, 7) is 0.661. The Balaban J connectivity index is 0. The number of likely N-dealkylation sites (N-methyl/N-ethyl adjacent to an activating group) is 1. The minimum atomic E-state index is -1.42. The molecule has 0 aromatic rings. The molecule has 1 amide bonds. The molecule has 0 heterocycles. The number of nitrogens with zero attached hydrogens (tertiary/aromatic N) is 1. The van der Waals surface area contributed by atoms with Crippen LogP contribution in [0, 0.1) is 6.54 Å². The zero-order valence-corrected chi connectivity index (χ0v) is 9.86. The summed E-state index contributed by atoms with van der Waals surface area (Å²) in [7, 11) is 5.58. The Morgan fingerprint density at radius 3 is 2.58 bits per heavy atom. The standard InChI is InChI=1S/C5H5BNO4.K/c1-7(4(9)3-8)2-5(10)11-6;/h2-3H,1H3;/q-1;+1/i3D;. The van der Waals surface area contributed by atoms with E-state index < -0.39 is 18.1 Å². The zero-order valence-electron chi connectivity index (χ0n) is 7.73. The van der Waals surface area contributed by atoms with Crippen LogP contribution in [0.3, 0.4) is 0 Å². The third-order valence-electron chi connectivity index (χ3n) is 0.823. The van der Waals surface area contributed by atoms with Crippen LogP contribution in [0.25, 0.3) is 0 Å². The Hall–Kier alpha value is 0.181. The van der Waals surface area contributed by atoms with Gasteiger partial charge in [-0.3, -0.25) is 14.4 Å². The van der Waals surface area contributed by atoms with Crippen LogP contribution < -0.4 is 51.4 Å². The molecule has 0 aliphatic carbocycles. The van der Waals surface area contributed by atoms with Gasteiger partial charge in [0.05, 0.1) is 0 Å². The maximum absolute atomic E-state index is 10.6. The second-order valence-corrected chi connectivity index (χ2v) is 1.58. The number of aldehydes is 1. The summed E-state index contributed by atoms with van der Waals surface area (Å²) in [6, 6.07) is 0. The quantitative estimate of drug-likeness (QED) is 0.196. The largest absolute Gasteiger partial charge is 1.00 e.